The molecule has 1 aromatic carbocycles. The van der Waals surface area contributed by atoms with E-state index < -0.39 is 0 Å². The Balaban J connectivity index is 1.77. The molecule has 3 rings (SSSR count). The molecule has 2 aromatic rings. The zero-order chi connectivity index (χ0) is 19.6. The highest BCUT2D eigenvalue weighted by atomic mass is 79.9. The van der Waals surface area contributed by atoms with E-state index >= 15 is 0 Å². The van der Waals surface area contributed by atoms with Gasteiger partial charge in [-0.1, -0.05) is 30.7 Å². The van der Waals surface area contributed by atoms with Gasteiger partial charge in [0.15, 0.2) is 6.61 Å². The van der Waals surface area contributed by atoms with Crippen molar-refractivity contribution < 1.29 is 9.53 Å². The van der Waals surface area contributed by atoms with Crippen LogP contribution in [-0.2, 0) is 17.6 Å². The summed E-state index contributed by atoms with van der Waals surface area (Å²) in [6, 6.07) is 7.31. The number of amides is 1. The summed E-state index contributed by atoms with van der Waals surface area (Å²) in [5, 5.41) is 13.5. The van der Waals surface area contributed by atoms with Crippen molar-refractivity contribution in [3.8, 4) is 11.8 Å². The van der Waals surface area contributed by atoms with Crippen LogP contribution in [0.2, 0.25) is 5.02 Å². The topological polar surface area (TPSA) is 62.1 Å². The zero-order valence-electron chi connectivity index (χ0n) is 14.5. The van der Waals surface area contributed by atoms with E-state index in [9.17, 15) is 10.1 Å². The fourth-order valence-corrected chi connectivity index (χ4v) is 5.25. The number of nitrogens with one attached hydrogen (secondary N) is 1. The lowest BCUT2D eigenvalue weighted by molar-refractivity contribution is -0.118. The van der Waals surface area contributed by atoms with Crippen molar-refractivity contribution in [1.29, 1.82) is 5.26 Å². The van der Waals surface area contributed by atoms with Crippen molar-refractivity contribution in [3.05, 3.63) is 48.2 Å². The molecular weight excluding hydrogens is 468 g/mol. The molecule has 0 saturated heterocycles. The van der Waals surface area contributed by atoms with E-state index in [1.165, 1.54) is 11.3 Å². The van der Waals surface area contributed by atoms with Crippen molar-refractivity contribution in [3.63, 3.8) is 0 Å². The van der Waals surface area contributed by atoms with Crippen molar-refractivity contribution >= 4 is 62.0 Å². The van der Waals surface area contributed by atoms with Crippen LogP contribution in [0.5, 0.6) is 5.75 Å². The Labute approximate surface area is 180 Å². The Morgan fingerprint density at radius 3 is 3.00 bits per heavy atom. The van der Waals surface area contributed by atoms with Crippen LogP contribution in [-0.4, -0.2) is 12.5 Å². The number of fused-ring (bicyclic) bond motifs is 1. The number of halogens is 2. The number of rotatable bonds is 4. The summed E-state index contributed by atoms with van der Waals surface area (Å²) in [6.45, 7) is 2.01. The normalized spacial score (nSPS) is 15.6. The van der Waals surface area contributed by atoms with Crippen LogP contribution in [0.25, 0.3) is 0 Å². The van der Waals surface area contributed by atoms with Crippen molar-refractivity contribution in [2.75, 3.05) is 11.9 Å². The Hall–Kier alpha value is -1.46. The minimum Gasteiger partial charge on any atom is -0.483 e. The monoisotopic (exact) mass is 482 g/mol. The third kappa shape index (κ3) is 4.69. The Bertz CT molecular complexity index is 1000. The fraction of sp³-hybridized carbons (Fsp3) is 0.316. The van der Waals surface area contributed by atoms with Gasteiger partial charge < -0.3 is 10.1 Å². The summed E-state index contributed by atoms with van der Waals surface area (Å²) in [7, 11) is 0. The molecule has 1 atom stereocenters. The lowest BCUT2D eigenvalue weighted by Crippen LogP contribution is -2.21. The molecule has 1 unspecified atom stereocenters. The van der Waals surface area contributed by atoms with E-state index in [0.717, 1.165) is 34.2 Å². The van der Waals surface area contributed by atoms with Gasteiger partial charge in [0.05, 0.1) is 13.9 Å². The first kappa shape index (κ1) is 20.3. The first-order valence-corrected chi connectivity index (χ1v) is 10.7. The summed E-state index contributed by atoms with van der Waals surface area (Å²) in [6.07, 6.45) is 2.72. The quantitative estimate of drug-likeness (QED) is 0.549. The Morgan fingerprint density at radius 1 is 1.52 bits per heavy atom. The van der Waals surface area contributed by atoms with Gasteiger partial charge in [0.2, 0.25) is 0 Å². The van der Waals surface area contributed by atoms with Crippen LogP contribution in [0.3, 0.4) is 0 Å². The largest absolute Gasteiger partial charge is 0.483 e. The molecular formula is C19H16BrClN2O2S2. The van der Waals surface area contributed by atoms with Gasteiger partial charge in [0.25, 0.3) is 5.91 Å². The van der Waals surface area contributed by atoms with Crippen LogP contribution >= 0.6 is 51.1 Å². The molecule has 0 radical (unpaired) electrons. The second-order valence-electron chi connectivity index (χ2n) is 6.42. The number of benzene rings is 1. The average Bonchev–Trinajstić information content (AvgIpc) is 2.62. The van der Waals surface area contributed by atoms with E-state index in [4.69, 9.17) is 28.6 Å². The molecule has 0 spiro atoms. The van der Waals surface area contributed by atoms with E-state index in [2.05, 4.69) is 34.2 Å². The summed E-state index contributed by atoms with van der Waals surface area (Å²) in [5.74, 6) is 0.731. The van der Waals surface area contributed by atoms with Crippen LogP contribution in [0.15, 0.2) is 22.7 Å². The van der Waals surface area contributed by atoms with Crippen molar-refractivity contribution in [2.24, 2.45) is 5.92 Å². The molecule has 1 N–H and O–H groups in total. The predicted octanol–water partition coefficient (Wildman–Crippen LogP) is 5.91. The van der Waals surface area contributed by atoms with Gasteiger partial charge in [-0.2, -0.15) is 5.26 Å². The lowest BCUT2D eigenvalue weighted by Gasteiger charge is -2.23. The summed E-state index contributed by atoms with van der Waals surface area (Å²) < 4.78 is 6.94. The number of nitrogens with zero attached hydrogens (tertiary/aromatic N) is 1. The van der Waals surface area contributed by atoms with Gasteiger partial charge in [0.1, 0.15) is 16.8 Å². The van der Waals surface area contributed by atoms with Crippen molar-refractivity contribution in [2.45, 2.75) is 26.2 Å². The molecule has 1 aromatic heterocycles. The highest BCUT2D eigenvalue weighted by Crippen LogP contribution is 2.36. The highest BCUT2D eigenvalue weighted by Gasteiger charge is 2.23. The number of hydrogen-bond donors (Lipinski definition) is 1. The number of ether oxygens (including phenoxy) is 1. The summed E-state index contributed by atoms with van der Waals surface area (Å²) in [4.78, 5) is 12.3. The number of carbonyl (C=O) groups is 1. The van der Waals surface area contributed by atoms with E-state index in [1.807, 2.05) is 0 Å². The van der Waals surface area contributed by atoms with Gasteiger partial charge in [-0.25, -0.2) is 0 Å². The zero-order valence-corrected chi connectivity index (χ0v) is 18.4. The van der Waals surface area contributed by atoms with Crippen molar-refractivity contribution in [1.82, 2.24) is 0 Å². The second kappa shape index (κ2) is 8.70. The number of carbonyl (C=O) groups excluding carboxylic acids is 1. The van der Waals surface area contributed by atoms with E-state index in [0.29, 0.717) is 31.7 Å². The first-order chi connectivity index (χ1) is 12.9. The van der Waals surface area contributed by atoms with E-state index in [-0.39, 0.29) is 12.5 Å². The molecule has 1 aliphatic rings. The maximum atomic E-state index is 12.3. The number of hydrogen-bond acceptors (Lipinski definition) is 5. The Morgan fingerprint density at radius 2 is 2.30 bits per heavy atom. The molecule has 0 fully saturated rings. The van der Waals surface area contributed by atoms with Gasteiger partial charge in [-0.3, -0.25) is 4.79 Å². The molecule has 4 nitrogen and oxygen atoms in total. The lowest BCUT2D eigenvalue weighted by atomic mass is 9.85. The standard InChI is InChI=1S/C19H16BrClN2O2S2/c1-10-2-4-12-13(6-10)19(26)27-18(14(12)8-22)23-17(24)9-25-16-5-3-11(21)7-15(16)20/h3,5,7,10H,2,4,6,9H2,1H3,(H,23,24). The van der Waals surface area contributed by atoms with Crippen LogP contribution < -0.4 is 10.1 Å². The van der Waals surface area contributed by atoms with Crippen LogP contribution in [0.4, 0.5) is 5.00 Å². The number of anilines is 1. The minimum absolute atomic E-state index is 0.182. The molecule has 140 valence electrons. The van der Waals surface area contributed by atoms with Crippen LogP contribution in [0.1, 0.15) is 30.0 Å². The van der Waals surface area contributed by atoms with E-state index in [1.54, 1.807) is 18.2 Å². The summed E-state index contributed by atoms with van der Waals surface area (Å²) >= 11 is 16.0. The van der Waals surface area contributed by atoms with Gasteiger partial charge >= 0.3 is 0 Å². The summed E-state index contributed by atoms with van der Waals surface area (Å²) in [5.41, 5.74) is 2.59. The first-order valence-electron chi connectivity index (χ1n) is 8.35. The van der Waals surface area contributed by atoms with Gasteiger partial charge in [0, 0.05) is 5.02 Å². The molecule has 0 bridgehead atoms. The van der Waals surface area contributed by atoms with Gasteiger partial charge in [-0.05, 0) is 70.4 Å². The van der Waals surface area contributed by atoms with Gasteiger partial charge in [-0.15, -0.1) is 11.3 Å². The highest BCUT2D eigenvalue weighted by molar-refractivity contribution is 9.10. The molecule has 0 saturated carbocycles. The maximum Gasteiger partial charge on any atom is 0.262 e. The fourth-order valence-electron chi connectivity index (χ4n) is 3.04. The molecule has 1 amide bonds. The maximum absolute atomic E-state index is 12.3. The third-order valence-corrected chi connectivity index (χ3v) is 6.68. The minimum atomic E-state index is -0.344. The molecule has 1 aliphatic carbocycles. The van der Waals surface area contributed by atoms with Crippen LogP contribution in [0, 0.1) is 21.1 Å². The predicted molar refractivity (Wildman–Crippen MR) is 114 cm³/mol. The average molecular weight is 484 g/mol. The molecule has 27 heavy (non-hydrogen) atoms. The third-order valence-electron chi connectivity index (χ3n) is 4.39. The smallest absolute Gasteiger partial charge is 0.262 e. The molecule has 8 heteroatoms. The molecule has 1 heterocycles. The SMILES string of the molecule is CC1CCc2c(C#N)c(NC(=O)COc3ccc(Cl)cc3Br)sc(=S)c2C1. The number of nitriles is 1. The second-order valence-corrected chi connectivity index (χ2v) is 9.40. The Kier molecular flexibility index (Phi) is 6.53. The molecule has 0 aliphatic heterocycles.